The molecule has 7 heteroatoms. The summed E-state index contributed by atoms with van der Waals surface area (Å²) in [6.45, 7) is 6.95. The van der Waals surface area contributed by atoms with Crippen molar-refractivity contribution >= 4 is 5.96 Å². The molecule has 1 aromatic carbocycles. The molecular formula is C18H26N6O. The van der Waals surface area contributed by atoms with E-state index in [4.69, 9.17) is 4.74 Å². The molecule has 1 saturated heterocycles. The second-order valence-corrected chi connectivity index (χ2v) is 6.29. The molecule has 1 aliphatic heterocycles. The number of hydrogen-bond acceptors (Lipinski definition) is 4. The molecule has 134 valence electrons. The fourth-order valence-corrected chi connectivity index (χ4v) is 3.07. The number of ether oxygens (including phenoxy) is 1. The summed E-state index contributed by atoms with van der Waals surface area (Å²) in [7, 11) is 3.78. The van der Waals surface area contributed by atoms with Crippen LogP contribution in [-0.2, 0) is 18.3 Å². The number of aromatic nitrogens is 3. The SMILES string of the molecule is CN=C(NCc1nnc(C)n1C)N1CCOC(c2ccccc2C)C1. The maximum atomic E-state index is 6.00. The Bertz CT molecular complexity index is 754. The molecule has 1 aliphatic rings. The molecule has 0 amide bonds. The lowest BCUT2D eigenvalue weighted by atomic mass is 10.0. The van der Waals surface area contributed by atoms with Crippen molar-refractivity contribution in [3.63, 3.8) is 0 Å². The average molecular weight is 342 g/mol. The predicted octanol–water partition coefficient (Wildman–Crippen LogP) is 1.58. The zero-order valence-electron chi connectivity index (χ0n) is 15.4. The number of hydrogen-bond donors (Lipinski definition) is 1. The number of nitrogens with zero attached hydrogens (tertiary/aromatic N) is 5. The van der Waals surface area contributed by atoms with E-state index in [0.29, 0.717) is 13.2 Å². The summed E-state index contributed by atoms with van der Waals surface area (Å²) in [4.78, 5) is 6.67. The molecule has 1 fully saturated rings. The Morgan fingerprint density at radius 2 is 2.12 bits per heavy atom. The van der Waals surface area contributed by atoms with E-state index < -0.39 is 0 Å². The van der Waals surface area contributed by atoms with Gasteiger partial charge in [0.05, 0.1) is 19.7 Å². The van der Waals surface area contributed by atoms with Gasteiger partial charge in [0.2, 0.25) is 0 Å². The van der Waals surface area contributed by atoms with Gasteiger partial charge in [0.15, 0.2) is 11.8 Å². The highest BCUT2D eigenvalue weighted by Crippen LogP contribution is 2.24. The fourth-order valence-electron chi connectivity index (χ4n) is 3.07. The average Bonchev–Trinajstić information content (AvgIpc) is 2.95. The van der Waals surface area contributed by atoms with Gasteiger partial charge >= 0.3 is 0 Å². The minimum atomic E-state index is 0.0607. The van der Waals surface area contributed by atoms with Gasteiger partial charge in [0.1, 0.15) is 11.9 Å². The lowest BCUT2D eigenvalue weighted by Gasteiger charge is -2.35. The van der Waals surface area contributed by atoms with E-state index in [0.717, 1.165) is 30.7 Å². The fraction of sp³-hybridized carbons (Fsp3) is 0.500. The van der Waals surface area contributed by atoms with Crippen LogP contribution in [0.5, 0.6) is 0 Å². The highest BCUT2D eigenvalue weighted by molar-refractivity contribution is 5.80. The van der Waals surface area contributed by atoms with Crippen LogP contribution < -0.4 is 5.32 Å². The monoisotopic (exact) mass is 342 g/mol. The molecule has 1 aromatic heterocycles. The largest absolute Gasteiger partial charge is 0.370 e. The van der Waals surface area contributed by atoms with Gasteiger partial charge in [-0.2, -0.15) is 0 Å². The summed E-state index contributed by atoms with van der Waals surface area (Å²) in [5.74, 6) is 2.66. The van der Waals surface area contributed by atoms with Crippen molar-refractivity contribution in [3.8, 4) is 0 Å². The molecule has 7 nitrogen and oxygen atoms in total. The molecule has 2 aromatic rings. The summed E-state index contributed by atoms with van der Waals surface area (Å²) in [6, 6.07) is 8.39. The van der Waals surface area contributed by atoms with E-state index in [2.05, 4.69) is 56.6 Å². The van der Waals surface area contributed by atoms with Crippen LogP contribution in [0.25, 0.3) is 0 Å². The van der Waals surface area contributed by atoms with Crippen molar-refractivity contribution in [1.82, 2.24) is 25.0 Å². The van der Waals surface area contributed by atoms with Gasteiger partial charge in [-0.05, 0) is 25.0 Å². The van der Waals surface area contributed by atoms with E-state index in [1.165, 1.54) is 11.1 Å². The van der Waals surface area contributed by atoms with Gasteiger partial charge in [-0.25, -0.2) is 0 Å². The Labute approximate surface area is 148 Å². The third-order valence-electron chi connectivity index (χ3n) is 4.70. The minimum Gasteiger partial charge on any atom is -0.370 e. The van der Waals surface area contributed by atoms with E-state index in [1.807, 2.05) is 25.6 Å². The van der Waals surface area contributed by atoms with Gasteiger partial charge in [-0.3, -0.25) is 4.99 Å². The molecule has 3 rings (SSSR count). The number of rotatable bonds is 3. The van der Waals surface area contributed by atoms with Crippen molar-refractivity contribution < 1.29 is 4.74 Å². The Hall–Kier alpha value is -2.41. The third-order valence-corrected chi connectivity index (χ3v) is 4.70. The predicted molar refractivity (Wildman–Crippen MR) is 97.4 cm³/mol. The summed E-state index contributed by atoms with van der Waals surface area (Å²) < 4.78 is 7.99. The van der Waals surface area contributed by atoms with Crippen LogP contribution in [0.2, 0.25) is 0 Å². The quantitative estimate of drug-likeness (QED) is 0.678. The third kappa shape index (κ3) is 3.82. The van der Waals surface area contributed by atoms with Crippen LogP contribution in [0.3, 0.4) is 0 Å². The number of nitrogens with one attached hydrogen (secondary N) is 1. The number of benzene rings is 1. The topological polar surface area (TPSA) is 67.6 Å². The van der Waals surface area contributed by atoms with Crippen LogP contribution in [0.1, 0.15) is 28.9 Å². The maximum Gasteiger partial charge on any atom is 0.194 e. The van der Waals surface area contributed by atoms with Gasteiger partial charge in [-0.1, -0.05) is 24.3 Å². The van der Waals surface area contributed by atoms with Crippen molar-refractivity contribution in [2.75, 3.05) is 26.7 Å². The van der Waals surface area contributed by atoms with Gasteiger partial charge in [0, 0.05) is 20.6 Å². The molecule has 1 N–H and O–H groups in total. The second-order valence-electron chi connectivity index (χ2n) is 6.29. The standard InChI is InChI=1S/C18H26N6O/c1-13-7-5-6-8-15(13)16-12-24(9-10-25-16)18(19-3)20-11-17-22-21-14(2)23(17)4/h5-8,16H,9-12H2,1-4H3,(H,19,20). The van der Waals surface area contributed by atoms with Gasteiger partial charge < -0.3 is 19.5 Å². The Kier molecular flexibility index (Phi) is 5.33. The van der Waals surface area contributed by atoms with Crippen LogP contribution in [0.15, 0.2) is 29.3 Å². The van der Waals surface area contributed by atoms with Crippen LogP contribution in [0.4, 0.5) is 0 Å². The molecule has 0 saturated carbocycles. The second kappa shape index (κ2) is 7.65. The van der Waals surface area contributed by atoms with Crippen molar-refractivity contribution in [3.05, 3.63) is 47.0 Å². The zero-order chi connectivity index (χ0) is 17.8. The van der Waals surface area contributed by atoms with Gasteiger partial charge in [0.25, 0.3) is 0 Å². The lowest BCUT2D eigenvalue weighted by molar-refractivity contribution is -0.00835. The zero-order valence-corrected chi connectivity index (χ0v) is 15.4. The van der Waals surface area contributed by atoms with Crippen LogP contribution in [-0.4, -0.2) is 52.4 Å². The molecule has 0 aliphatic carbocycles. The summed E-state index contributed by atoms with van der Waals surface area (Å²) in [6.07, 6.45) is 0.0607. The van der Waals surface area contributed by atoms with Gasteiger partial charge in [-0.15, -0.1) is 10.2 Å². The lowest BCUT2D eigenvalue weighted by Crippen LogP contribution is -2.48. The summed E-state index contributed by atoms with van der Waals surface area (Å²) in [5, 5.41) is 11.7. The van der Waals surface area contributed by atoms with Crippen molar-refractivity contribution in [2.24, 2.45) is 12.0 Å². The highest BCUT2D eigenvalue weighted by Gasteiger charge is 2.25. The molecule has 0 radical (unpaired) electrons. The van der Waals surface area contributed by atoms with E-state index in [1.54, 1.807) is 0 Å². The van der Waals surface area contributed by atoms with Crippen LogP contribution in [0, 0.1) is 13.8 Å². The van der Waals surface area contributed by atoms with Crippen LogP contribution >= 0.6 is 0 Å². The first-order valence-corrected chi connectivity index (χ1v) is 8.57. The molecule has 1 atom stereocenters. The summed E-state index contributed by atoms with van der Waals surface area (Å²) in [5.41, 5.74) is 2.50. The highest BCUT2D eigenvalue weighted by atomic mass is 16.5. The van der Waals surface area contributed by atoms with E-state index in [9.17, 15) is 0 Å². The Balaban J connectivity index is 1.67. The Morgan fingerprint density at radius 1 is 1.32 bits per heavy atom. The molecule has 1 unspecified atom stereocenters. The first-order chi connectivity index (χ1) is 12.1. The molecule has 2 heterocycles. The molecule has 25 heavy (non-hydrogen) atoms. The number of guanidine groups is 1. The van der Waals surface area contributed by atoms with E-state index in [-0.39, 0.29) is 6.10 Å². The number of aryl methyl sites for hydroxylation is 2. The number of morpholine rings is 1. The maximum absolute atomic E-state index is 6.00. The first-order valence-electron chi connectivity index (χ1n) is 8.57. The normalized spacial score (nSPS) is 18.5. The Morgan fingerprint density at radius 3 is 2.80 bits per heavy atom. The number of aliphatic imine (C=N–C) groups is 1. The smallest absolute Gasteiger partial charge is 0.194 e. The first kappa shape index (κ1) is 17.4. The van der Waals surface area contributed by atoms with Crippen molar-refractivity contribution in [2.45, 2.75) is 26.5 Å². The molecular weight excluding hydrogens is 316 g/mol. The summed E-state index contributed by atoms with van der Waals surface area (Å²) >= 11 is 0. The van der Waals surface area contributed by atoms with Crippen molar-refractivity contribution in [1.29, 1.82) is 0 Å². The molecule has 0 bridgehead atoms. The molecule has 0 spiro atoms. The minimum absolute atomic E-state index is 0.0607. The van der Waals surface area contributed by atoms with E-state index >= 15 is 0 Å².